The number of nitrogens with one attached hydrogen (secondary N) is 2. The molecular formula is C29H23N9. The Kier molecular flexibility index (Phi) is 5.78. The van der Waals surface area contributed by atoms with Crippen LogP contribution in [0.15, 0.2) is 91.4 Å². The molecule has 0 spiro atoms. The minimum absolute atomic E-state index is 0.184. The number of pyridine rings is 1. The summed E-state index contributed by atoms with van der Waals surface area (Å²) in [6.45, 7) is 0.420. The van der Waals surface area contributed by atoms with Gasteiger partial charge >= 0.3 is 0 Å². The van der Waals surface area contributed by atoms with E-state index in [0.717, 1.165) is 33.1 Å². The second kappa shape index (κ2) is 9.55. The van der Waals surface area contributed by atoms with Crippen molar-refractivity contribution in [3.8, 4) is 11.3 Å². The molecular weight excluding hydrogens is 474 g/mol. The molecule has 0 amide bonds. The molecule has 38 heavy (non-hydrogen) atoms. The van der Waals surface area contributed by atoms with Gasteiger partial charge in [0, 0.05) is 34.6 Å². The van der Waals surface area contributed by atoms with Crippen LogP contribution >= 0.6 is 0 Å². The molecule has 0 saturated carbocycles. The average molecular weight is 498 g/mol. The van der Waals surface area contributed by atoms with E-state index in [1.54, 1.807) is 18.3 Å². The Labute approximate surface area is 218 Å². The summed E-state index contributed by atoms with van der Waals surface area (Å²) in [5.74, 6) is 0.870. The van der Waals surface area contributed by atoms with Crippen LogP contribution in [-0.4, -0.2) is 30.6 Å². The van der Waals surface area contributed by atoms with Crippen molar-refractivity contribution in [3.05, 3.63) is 108 Å². The van der Waals surface area contributed by atoms with Crippen molar-refractivity contribution in [2.75, 3.05) is 16.8 Å². The minimum Gasteiger partial charge on any atom is -0.383 e. The molecule has 3 aromatic heterocycles. The maximum Gasteiger partial charge on any atom is 0.220 e. The Morgan fingerprint density at radius 2 is 1.58 bits per heavy atom. The topological polar surface area (TPSA) is 152 Å². The monoisotopic (exact) mass is 497 g/mol. The van der Waals surface area contributed by atoms with Crippen molar-refractivity contribution in [1.29, 1.82) is 5.41 Å². The summed E-state index contributed by atoms with van der Waals surface area (Å²) >= 11 is 0. The van der Waals surface area contributed by atoms with Gasteiger partial charge in [-0.25, -0.2) is 24.9 Å². The highest BCUT2D eigenvalue weighted by molar-refractivity contribution is 6.17. The van der Waals surface area contributed by atoms with Crippen LogP contribution in [0.4, 0.5) is 17.6 Å². The van der Waals surface area contributed by atoms with E-state index < -0.39 is 0 Å². The summed E-state index contributed by atoms with van der Waals surface area (Å²) in [4.78, 5) is 21.8. The van der Waals surface area contributed by atoms with E-state index in [9.17, 15) is 0 Å². The lowest BCUT2D eigenvalue weighted by molar-refractivity contribution is 1.07. The van der Waals surface area contributed by atoms with E-state index in [-0.39, 0.29) is 17.5 Å². The molecule has 0 aliphatic carbocycles. The molecule has 6 rings (SSSR count). The summed E-state index contributed by atoms with van der Waals surface area (Å²) in [5, 5.41) is 14.2. The zero-order chi connectivity index (χ0) is 26.1. The van der Waals surface area contributed by atoms with Crippen LogP contribution in [0.5, 0.6) is 0 Å². The highest BCUT2D eigenvalue weighted by Gasteiger charge is 2.18. The Balaban J connectivity index is 1.37. The predicted octanol–water partition coefficient (Wildman–Crippen LogP) is 4.83. The summed E-state index contributed by atoms with van der Waals surface area (Å²) in [6, 6.07) is 25.7. The van der Waals surface area contributed by atoms with E-state index in [4.69, 9.17) is 21.9 Å². The number of hydrogen-bond donors (Lipinski definition) is 4. The van der Waals surface area contributed by atoms with Crippen molar-refractivity contribution in [2.45, 2.75) is 6.54 Å². The average Bonchev–Trinajstić information content (AvgIpc) is 2.95. The fourth-order valence-electron chi connectivity index (χ4n) is 4.45. The van der Waals surface area contributed by atoms with Crippen molar-refractivity contribution in [2.24, 2.45) is 0 Å². The molecule has 9 heteroatoms. The number of nitrogens with zero attached hydrogens (tertiary/aromatic N) is 5. The molecule has 0 aliphatic heterocycles. The van der Waals surface area contributed by atoms with Gasteiger partial charge in [-0.2, -0.15) is 0 Å². The van der Waals surface area contributed by atoms with Crippen LogP contribution in [-0.2, 0) is 6.54 Å². The number of para-hydroxylation sites is 1. The number of rotatable bonds is 6. The standard InChI is InChI=1S/C29H23N9/c30-25(19-10-11-23-20(13-19)14-34-29(32)38-23)24-27(31)35-16-36-28(24)33-15-21-12-18-8-4-5-9-22(18)37-26(21)17-6-2-1-3-7-17/h1-14,16,30H,15H2,(H2,32,34,38)(H3,31,33,35,36). The lowest BCUT2D eigenvalue weighted by atomic mass is 10.0. The number of aromatic nitrogens is 5. The van der Waals surface area contributed by atoms with Crippen LogP contribution in [0.2, 0.25) is 0 Å². The molecule has 0 unspecified atom stereocenters. The van der Waals surface area contributed by atoms with E-state index >= 15 is 0 Å². The Morgan fingerprint density at radius 3 is 2.45 bits per heavy atom. The fourth-order valence-corrected chi connectivity index (χ4v) is 4.45. The molecule has 0 saturated heterocycles. The quantitative estimate of drug-likeness (QED) is 0.239. The van der Waals surface area contributed by atoms with Gasteiger partial charge in [0.2, 0.25) is 5.95 Å². The van der Waals surface area contributed by atoms with E-state index in [1.807, 2.05) is 60.7 Å². The van der Waals surface area contributed by atoms with Gasteiger partial charge in [-0.05, 0) is 29.8 Å². The Bertz CT molecular complexity index is 1820. The first kappa shape index (κ1) is 23.0. The molecule has 0 atom stereocenters. The van der Waals surface area contributed by atoms with Crippen LogP contribution in [0.3, 0.4) is 0 Å². The number of nitrogens with two attached hydrogens (primary N) is 2. The third-order valence-electron chi connectivity index (χ3n) is 6.31. The fraction of sp³-hybridized carbons (Fsp3) is 0.0345. The first-order valence-corrected chi connectivity index (χ1v) is 12.0. The van der Waals surface area contributed by atoms with Gasteiger partial charge < -0.3 is 16.8 Å². The van der Waals surface area contributed by atoms with Crippen molar-refractivity contribution >= 4 is 45.1 Å². The number of nitrogen functional groups attached to an aromatic ring is 2. The minimum atomic E-state index is 0.184. The molecule has 0 fully saturated rings. The molecule has 0 radical (unpaired) electrons. The number of fused-ring (bicyclic) bond motifs is 2. The molecule has 9 nitrogen and oxygen atoms in total. The Hall–Kier alpha value is -5.44. The van der Waals surface area contributed by atoms with Gasteiger partial charge in [-0.3, -0.25) is 5.41 Å². The van der Waals surface area contributed by atoms with E-state index in [0.29, 0.717) is 29.0 Å². The largest absolute Gasteiger partial charge is 0.383 e. The highest BCUT2D eigenvalue weighted by Crippen LogP contribution is 2.28. The molecule has 6 N–H and O–H groups in total. The smallest absolute Gasteiger partial charge is 0.220 e. The number of benzene rings is 3. The summed E-state index contributed by atoms with van der Waals surface area (Å²) in [7, 11) is 0. The lowest BCUT2D eigenvalue weighted by Crippen LogP contribution is -2.14. The third kappa shape index (κ3) is 4.33. The molecule has 3 aromatic carbocycles. The molecule has 3 heterocycles. The van der Waals surface area contributed by atoms with Gasteiger partial charge in [-0.1, -0.05) is 54.6 Å². The van der Waals surface area contributed by atoms with Crippen LogP contribution < -0.4 is 16.8 Å². The molecule has 0 aliphatic rings. The van der Waals surface area contributed by atoms with Gasteiger partial charge in [0.1, 0.15) is 18.0 Å². The van der Waals surface area contributed by atoms with Crippen LogP contribution in [0.1, 0.15) is 16.7 Å². The first-order chi connectivity index (χ1) is 18.6. The van der Waals surface area contributed by atoms with E-state index in [2.05, 4.69) is 31.3 Å². The van der Waals surface area contributed by atoms with E-state index in [1.165, 1.54) is 6.33 Å². The second-order valence-corrected chi connectivity index (χ2v) is 8.77. The molecule has 6 aromatic rings. The third-order valence-corrected chi connectivity index (χ3v) is 6.31. The maximum absolute atomic E-state index is 8.96. The lowest BCUT2D eigenvalue weighted by Gasteiger charge is -2.16. The SMILES string of the molecule is N=C(c1ccc2nc(N)ncc2c1)c1c(N)ncnc1NCc1cc2ccccc2nc1-c1ccccc1. The summed E-state index contributed by atoms with van der Waals surface area (Å²) < 4.78 is 0. The molecule has 0 bridgehead atoms. The summed E-state index contributed by atoms with van der Waals surface area (Å²) in [6.07, 6.45) is 3.03. The van der Waals surface area contributed by atoms with Crippen molar-refractivity contribution < 1.29 is 0 Å². The van der Waals surface area contributed by atoms with Crippen LogP contribution in [0.25, 0.3) is 33.1 Å². The zero-order valence-corrected chi connectivity index (χ0v) is 20.3. The number of hydrogen-bond acceptors (Lipinski definition) is 9. The normalized spacial score (nSPS) is 11.1. The number of anilines is 3. The van der Waals surface area contributed by atoms with Gasteiger partial charge in [0.15, 0.2) is 0 Å². The van der Waals surface area contributed by atoms with Crippen molar-refractivity contribution in [1.82, 2.24) is 24.9 Å². The predicted molar refractivity (Wildman–Crippen MR) is 151 cm³/mol. The van der Waals surface area contributed by atoms with Crippen molar-refractivity contribution in [3.63, 3.8) is 0 Å². The molecule has 184 valence electrons. The Morgan fingerprint density at radius 1 is 0.789 bits per heavy atom. The summed E-state index contributed by atoms with van der Waals surface area (Å²) in [5.41, 5.74) is 17.7. The highest BCUT2D eigenvalue weighted by atomic mass is 15.0. The second-order valence-electron chi connectivity index (χ2n) is 8.77. The van der Waals surface area contributed by atoms with Crippen LogP contribution in [0, 0.1) is 5.41 Å². The maximum atomic E-state index is 8.96. The van der Waals surface area contributed by atoms with Gasteiger partial charge in [0.25, 0.3) is 0 Å². The van der Waals surface area contributed by atoms with Gasteiger partial charge in [0.05, 0.1) is 28.0 Å². The first-order valence-electron chi connectivity index (χ1n) is 12.0. The zero-order valence-electron chi connectivity index (χ0n) is 20.3. The van der Waals surface area contributed by atoms with Gasteiger partial charge in [-0.15, -0.1) is 0 Å².